The Hall–Kier alpha value is -1.79. The Morgan fingerprint density at radius 1 is 1.28 bits per heavy atom. The van der Waals surface area contributed by atoms with Gasteiger partial charge in [-0.1, -0.05) is 0 Å². The normalized spacial score (nSPS) is 17.2. The molecule has 0 unspecified atom stereocenters. The van der Waals surface area contributed by atoms with Crippen molar-refractivity contribution in [2.24, 2.45) is 0 Å². The third kappa shape index (κ3) is 5.34. The third-order valence-electron chi connectivity index (χ3n) is 4.47. The van der Waals surface area contributed by atoms with Crippen LogP contribution in [0, 0.1) is 0 Å². The van der Waals surface area contributed by atoms with Crippen LogP contribution in [0.15, 0.2) is 18.2 Å². The van der Waals surface area contributed by atoms with Gasteiger partial charge >= 0.3 is 0 Å². The van der Waals surface area contributed by atoms with Gasteiger partial charge in [-0.25, -0.2) is 0 Å². The summed E-state index contributed by atoms with van der Waals surface area (Å²) >= 11 is 0. The molecule has 0 bridgehead atoms. The zero-order valence-corrected chi connectivity index (χ0v) is 15.5. The van der Waals surface area contributed by atoms with Crippen molar-refractivity contribution in [3.05, 3.63) is 23.8 Å². The molecule has 25 heavy (non-hydrogen) atoms. The van der Waals surface area contributed by atoms with Crippen LogP contribution in [0.25, 0.3) is 0 Å². The number of hydrogen-bond donors (Lipinski definition) is 1. The number of ether oxygens (including phenoxy) is 3. The second-order valence-electron chi connectivity index (χ2n) is 6.15. The van der Waals surface area contributed by atoms with Gasteiger partial charge in [0.05, 0.1) is 13.7 Å². The molecule has 1 aromatic rings. The first kappa shape index (κ1) is 19.5. The molecule has 0 radical (unpaired) electrons. The highest BCUT2D eigenvalue weighted by Crippen LogP contribution is 2.29. The molecule has 1 amide bonds. The number of piperidine rings is 1. The van der Waals surface area contributed by atoms with Crippen LogP contribution in [-0.2, 0) is 4.74 Å². The fourth-order valence-corrected chi connectivity index (χ4v) is 3.14. The Bertz CT molecular complexity index is 544. The van der Waals surface area contributed by atoms with Gasteiger partial charge in [-0.15, -0.1) is 0 Å². The van der Waals surface area contributed by atoms with E-state index in [1.807, 2.05) is 17.9 Å². The van der Waals surface area contributed by atoms with E-state index in [2.05, 4.69) is 5.32 Å². The van der Waals surface area contributed by atoms with Crippen molar-refractivity contribution < 1.29 is 19.0 Å². The van der Waals surface area contributed by atoms with Gasteiger partial charge in [0.25, 0.3) is 5.91 Å². The molecule has 1 aliphatic rings. The lowest BCUT2D eigenvalue weighted by Crippen LogP contribution is -2.48. The lowest BCUT2D eigenvalue weighted by atomic mass is 10.0. The van der Waals surface area contributed by atoms with Gasteiger partial charge < -0.3 is 24.4 Å². The van der Waals surface area contributed by atoms with E-state index < -0.39 is 0 Å². The van der Waals surface area contributed by atoms with Crippen molar-refractivity contribution in [2.75, 3.05) is 47.1 Å². The molecule has 0 aliphatic carbocycles. The zero-order valence-electron chi connectivity index (χ0n) is 15.5. The first-order valence-electron chi connectivity index (χ1n) is 9.02. The molecule has 0 saturated carbocycles. The quantitative estimate of drug-likeness (QED) is 0.693. The molecule has 140 valence electrons. The number of hydrogen-bond acceptors (Lipinski definition) is 5. The molecule has 6 heteroatoms. The highest BCUT2D eigenvalue weighted by Gasteiger charge is 2.25. The van der Waals surface area contributed by atoms with Gasteiger partial charge in [0.1, 0.15) is 0 Å². The van der Waals surface area contributed by atoms with Crippen molar-refractivity contribution >= 4 is 5.91 Å². The fraction of sp³-hybridized carbons (Fsp3) is 0.632. The summed E-state index contributed by atoms with van der Waals surface area (Å²) in [4.78, 5) is 14.9. The maximum absolute atomic E-state index is 13.0. The Labute approximate surface area is 150 Å². The van der Waals surface area contributed by atoms with Crippen LogP contribution < -0.4 is 14.8 Å². The van der Waals surface area contributed by atoms with E-state index in [1.165, 1.54) is 0 Å². The standard InChI is InChI=1S/C19H30N2O4/c1-4-21(16-7-5-10-20-14-16)19(22)15-8-9-17(24-3)18(13-15)25-12-6-11-23-2/h8-9,13,16,20H,4-7,10-12,14H2,1-3H3/t16-/m1/s1. The summed E-state index contributed by atoms with van der Waals surface area (Å²) in [7, 11) is 3.27. The smallest absolute Gasteiger partial charge is 0.254 e. The van der Waals surface area contributed by atoms with Crippen molar-refractivity contribution in [1.82, 2.24) is 10.2 Å². The number of likely N-dealkylation sites (N-methyl/N-ethyl adjacent to an activating group) is 1. The van der Waals surface area contributed by atoms with Crippen LogP contribution in [0.4, 0.5) is 0 Å². The Morgan fingerprint density at radius 3 is 2.76 bits per heavy atom. The van der Waals surface area contributed by atoms with E-state index in [0.717, 1.165) is 32.4 Å². The minimum atomic E-state index is 0.0422. The van der Waals surface area contributed by atoms with Crippen molar-refractivity contribution in [3.8, 4) is 11.5 Å². The van der Waals surface area contributed by atoms with Crippen molar-refractivity contribution in [2.45, 2.75) is 32.2 Å². The molecule has 1 atom stereocenters. The number of benzene rings is 1. The molecule has 0 spiro atoms. The van der Waals surface area contributed by atoms with Crippen molar-refractivity contribution in [3.63, 3.8) is 0 Å². The predicted molar refractivity (Wildman–Crippen MR) is 97.6 cm³/mol. The van der Waals surface area contributed by atoms with E-state index in [9.17, 15) is 4.79 Å². The van der Waals surface area contributed by atoms with Gasteiger partial charge in [0.15, 0.2) is 11.5 Å². The van der Waals surface area contributed by atoms with E-state index in [1.54, 1.807) is 26.4 Å². The van der Waals surface area contributed by atoms with Crippen LogP contribution >= 0.6 is 0 Å². The average molecular weight is 350 g/mol. The molecule has 2 rings (SSSR count). The fourth-order valence-electron chi connectivity index (χ4n) is 3.14. The third-order valence-corrected chi connectivity index (χ3v) is 4.47. The molecule has 6 nitrogen and oxygen atoms in total. The lowest BCUT2D eigenvalue weighted by molar-refractivity contribution is 0.0661. The number of carbonyl (C=O) groups is 1. The second kappa shape index (κ2) is 10.3. The molecule has 1 aromatic carbocycles. The van der Waals surface area contributed by atoms with Gasteiger partial charge in [0, 0.05) is 44.8 Å². The minimum absolute atomic E-state index is 0.0422. The molecule has 0 aromatic heterocycles. The average Bonchev–Trinajstić information content (AvgIpc) is 2.66. The summed E-state index contributed by atoms with van der Waals surface area (Å²) in [5.74, 6) is 1.28. The van der Waals surface area contributed by atoms with E-state index >= 15 is 0 Å². The van der Waals surface area contributed by atoms with Crippen LogP contribution in [0.5, 0.6) is 11.5 Å². The predicted octanol–water partition coefficient (Wildman–Crippen LogP) is 2.32. The summed E-state index contributed by atoms with van der Waals surface area (Å²) in [5, 5.41) is 3.38. The van der Waals surface area contributed by atoms with Gasteiger partial charge in [-0.3, -0.25) is 4.79 Å². The lowest BCUT2D eigenvalue weighted by Gasteiger charge is -2.34. The van der Waals surface area contributed by atoms with Crippen LogP contribution in [0.2, 0.25) is 0 Å². The minimum Gasteiger partial charge on any atom is -0.493 e. The highest BCUT2D eigenvalue weighted by atomic mass is 16.5. The van der Waals surface area contributed by atoms with Crippen molar-refractivity contribution in [1.29, 1.82) is 0 Å². The number of carbonyl (C=O) groups excluding carboxylic acids is 1. The van der Waals surface area contributed by atoms with E-state index in [4.69, 9.17) is 14.2 Å². The maximum atomic E-state index is 13.0. The number of methoxy groups -OCH3 is 2. The van der Waals surface area contributed by atoms with E-state index in [-0.39, 0.29) is 11.9 Å². The molecule has 1 N–H and O–H groups in total. The Morgan fingerprint density at radius 2 is 2.12 bits per heavy atom. The monoisotopic (exact) mass is 350 g/mol. The maximum Gasteiger partial charge on any atom is 0.254 e. The first-order valence-corrected chi connectivity index (χ1v) is 9.02. The number of rotatable bonds is 9. The zero-order chi connectivity index (χ0) is 18.1. The summed E-state index contributed by atoms with van der Waals surface area (Å²) in [6, 6.07) is 5.64. The summed E-state index contributed by atoms with van der Waals surface area (Å²) in [6.45, 7) is 5.77. The number of nitrogens with one attached hydrogen (secondary N) is 1. The van der Waals surface area contributed by atoms with Crippen LogP contribution in [-0.4, -0.2) is 63.9 Å². The van der Waals surface area contributed by atoms with E-state index in [0.29, 0.717) is 36.8 Å². The largest absolute Gasteiger partial charge is 0.493 e. The summed E-state index contributed by atoms with van der Waals surface area (Å²) < 4.78 is 16.2. The molecule has 1 saturated heterocycles. The molecular weight excluding hydrogens is 320 g/mol. The second-order valence-corrected chi connectivity index (χ2v) is 6.15. The Kier molecular flexibility index (Phi) is 8.01. The topological polar surface area (TPSA) is 60.0 Å². The first-order chi connectivity index (χ1) is 12.2. The number of amides is 1. The number of nitrogens with zero attached hydrogens (tertiary/aromatic N) is 1. The van der Waals surface area contributed by atoms with Crippen LogP contribution in [0.3, 0.4) is 0 Å². The molecule has 1 fully saturated rings. The SMILES string of the molecule is CCN(C(=O)c1ccc(OC)c(OCCCOC)c1)[C@@H]1CCCNC1. The van der Waals surface area contributed by atoms with Gasteiger partial charge in [0.2, 0.25) is 0 Å². The highest BCUT2D eigenvalue weighted by molar-refractivity contribution is 5.95. The van der Waals surface area contributed by atoms with Gasteiger partial charge in [-0.05, 0) is 44.5 Å². The van der Waals surface area contributed by atoms with Gasteiger partial charge in [-0.2, -0.15) is 0 Å². The molecule has 1 heterocycles. The molecular formula is C19H30N2O4. The van der Waals surface area contributed by atoms with Crippen LogP contribution in [0.1, 0.15) is 36.5 Å². The Balaban J connectivity index is 2.11. The summed E-state index contributed by atoms with van der Waals surface area (Å²) in [5.41, 5.74) is 0.634. The molecule has 1 aliphatic heterocycles. The summed E-state index contributed by atoms with van der Waals surface area (Å²) in [6.07, 6.45) is 2.93.